The number of nitrogens with one attached hydrogen (secondary N) is 1. The number of halogens is 2. The molecule has 1 atom stereocenters. The van der Waals surface area contributed by atoms with Gasteiger partial charge in [0.05, 0.1) is 29.8 Å². The Labute approximate surface area is 180 Å². The van der Waals surface area contributed by atoms with E-state index in [9.17, 15) is 13.6 Å². The molecule has 1 fully saturated rings. The second kappa shape index (κ2) is 9.64. The highest BCUT2D eigenvalue weighted by atomic mass is 19.1. The van der Waals surface area contributed by atoms with Crippen LogP contribution in [-0.4, -0.2) is 27.3 Å². The average molecular weight is 422 g/mol. The standard InChI is InChI=1S/C24H24F2N4O/c25-18-8-6-17(7-9-18)3-1-5-24(31)30-14-2-4-22(30)21-12-11-20(16-27-21)29-23-13-10-19(26)15-28-23/h6-13,15-16,22H,1-5,14H2,(H,28,29). The maximum absolute atomic E-state index is 13.0. The molecule has 2 aromatic heterocycles. The summed E-state index contributed by atoms with van der Waals surface area (Å²) in [6, 6.07) is 13.1. The fourth-order valence-electron chi connectivity index (χ4n) is 3.89. The van der Waals surface area contributed by atoms with Gasteiger partial charge in [0.25, 0.3) is 0 Å². The summed E-state index contributed by atoms with van der Waals surface area (Å²) in [7, 11) is 0. The molecular formula is C24H24F2N4O. The molecule has 1 aromatic carbocycles. The molecule has 3 aromatic rings. The van der Waals surface area contributed by atoms with Crippen LogP contribution in [-0.2, 0) is 11.2 Å². The van der Waals surface area contributed by atoms with E-state index in [0.717, 1.165) is 55.4 Å². The second-order valence-electron chi connectivity index (χ2n) is 7.68. The van der Waals surface area contributed by atoms with Crippen LogP contribution in [0.1, 0.15) is 43.0 Å². The van der Waals surface area contributed by atoms with E-state index in [1.807, 2.05) is 17.0 Å². The van der Waals surface area contributed by atoms with E-state index in [4.69, 9.17) is 0 Å². The third-order valence-electron chi connectivity index (χ3n) is 5.47. The van der Waals surface area contributed by atoms with Gasteiger partial charge in [0, 0.05) is 13.0 Å². The van der Waals surface area contributed by atoms with Crippen LogP contribution in [0.2, 0.25) is 0 Å². The lowest BCUT2D eigenvalue weighted by molar-refractivity contribution is -0.132. The largest absolute Gasteiger partial charge is 0.339 e. The van der Waals surface area contributed by atoms with Crippen molar-refractivity contribution >= 4 is 17.4 Å². The summed E-state index contributed by atoms with van der Waals surface area (Å²) in [5.74, 6) is 0.0314. The molecule has 1 N–H and O–H groups in total. The van der Waals surface area contributed by atoms with Crippen molar-refractivity contribution in [1.29, 1.82) is 0 Å². The lowest BCUT2D eigenvalue weighted by Crippen LogP contribution is -2.30. The van der Waals surface area contributed by atoms with E-state index < -0.39 is 0 Å². The maximum Gasteiger partial charge on any atom is 0.223 e. The predicted molar refractivity (Wildman–Crippen MR) is 115 cm³/mol. The molecule has 0 spiro atoms. The van der Waals surface area contributed by atoms with Crippen LogP contribution < -0.4 is 5.32 Å². The third-order valence-corrected chi connectivity index (χ3v) is 5.47. The number of likely N-dealkylation sites (tertiary alicyclic amines) is 1. The molecule has 1 unspecified atom stereocenters. The Balaban J connectivity index is 1.33. The number of carbonyl (C=O) groups is 1. The number of amides is 1. The zero-order valence-corrected chi connectivity index (χ0v) is 17.1. The van der Waals surface area contributed by atoms with Crippen molar-refractivity contribution in [2.24, 2.45) is 0 Å². The van der Waals surface area contributed by atoms with Gasteiger partial charge in [-0.1, -0.05) is 12.1 Å². The van der Waals surface area contributed by atoms with Crippen molar-refractivity contribution < 1.29 is 13.6 Å². The zero-order valence-electron chi connectivity index (χ0n) is 17.1. The Morgan fingerprint density at radius 2 is 1.81 bits per heavy atom. The van der Waals surface area contributed by atoms with Crippen molar-refractivity contribution in [3.8, 4) is 0 Å². The topological polar surface area (TPSA) is 58.1 Å². The van der Waals surface area contributed by atoms with Crippen molar-refractivity contribution in [3.63, 3.8) is 0 Å². The molecule has 1 amide bonds. The molecule has 7 heteroatoms. The molecule has 0 saturated carbocycles. The van der Waals surface area contributed by atoms with Crippen LogP contribution in [0.25, 0.3) is 0 Å². The first-order valence-electron chi connectivity index (χ1n) is 10.5. The first-order valence-corrected chi connectivity index (χ1v) is 10.5. The van der Waals surface area contributed by atoms with Crippen LogP contribution in [0, 0.1) is 11.6 Å². The molecule has 5 nitrogen and oxygen atoms in total. The van der Waals surface area contributed by atoms with Gasteiger partial charge in [-0.15, -0.1) is 0 Å². The molecule has 1 saturated heterocycles. The summed E-state index contributed by atoms with van der Waals surface area (Å²) in [5, 5.41) is 3.09. The summed E-state index contributed by atoms with van der Waals surface area (Å²) in [6.07, 6.45) is 6.65. The average Bonchev–Trinajstić information content (AvgIpc) is 3.27. The molecule has 0 radical (unpaired) electrons. The van der Waals surface area contributed by atoms with Gasteiger partial charge in [0.2, 0.25) is 5.91 Å². The summed E-state index contributed by atoms with van der Waals surface area (Å²) in [4.78, 5) is 23.2. The third kappa shape index (κ3) is 5.42. The van der Waals surface area contributed by atoms with Gasteiger partial charge < -0.3 is 10.2 Å². The number of aromatic nitrogens is 2. The summed E-state index contributed by atoms with van der Waals surface area (Å²) in [5.41, 5.74) is 2.65. The first kappa shape index (κ1) is 20.9. The van der Waals surface area contributed by atoms with E-state index >= 15 is 0 Å². The van der Waals surface area contributed by atoms with Crippen LogP contribution >= 0.6 is 0 Å². The minimum absolute atomic E-state index is 0.0173. The zero-order chi connectivity index (χ0) is 21.6. The molecular weight excluding hydrogens is 398 g/mol. The second-order valence-corrected chi connectivity index (χ2v) is 7.68. The smallest absolute Gasteiger partial charge is 0.223 e. The monoisotopic (exact) mass is 422 g/mol. The van der Waals surface area contributed by atoms with Crippen LogP contribution in [0.3, 0.4) is 0 Å². The summed E-state index contributed by atoms with van der Waals surface area (Å²) in [6.45, 7) is 0.737. The van der Waals surface area contributed by atoms with Gasteiger partial charge in [-0.2, -0.15) is 0 Å². The summed E-state index contributed by atoms with van der Waals surface area (Å²) < 4.78 is 26.0. The van der Waals surface area contributed by atoms with Gasteiger partial charge in [-0.05, 0) is 67.6 Å². The number of pyridine rings is 2. The normalized spacial score (nSPS) is 15.8. The predicted octanol–water partition coefficient (Wildman–Crippen LogP) is 5.18. The Morgan fingerprint density at radius 1 is 1.00 bits per heavy atom. The van der Waals surface area contributed by atoms with E-state index in [2.05, 4.69) is 15.3 Å². The maximum atomic E-state index is 13.0. The van der Waals surface area contributed by atoms with Crippen molar-refractivity contribution in [2.75, 3.05) is 11.9 Å². The molecule has 4 rings (SSSR count). The van der Waals surface area contributed by atoms with Gasteiger partial charge in [0.1, 0.15) is 17.5 Å². The van der Waals surface area contributed by atoms with E-state index in [1.54, 1.807) is 24.4 Å². The van der Waals surface area contributed by atoms with Crippen LogP contribution in [0.5, 0.6) is 0 Å². The van der Waals surface area contributed by atoms with Gasteiger partial charge >= 0.3 is 0 Å². The Kier molecular flexibility index (Phi) is 6.50. The number of benzene rings is 1. The Bertz CT molecular complexity index is 1010. The van der Waals surface area contributed by atoms with Gasteiger partial charge in [0.15, 0.2) is 0 Å². The molecule has 0 bridgehead atoms. The van der Waals surface area contributed by atoms with E-state index in [-0.39, 0.29) is 23.6 Å². The minimum Gasteiger partial charge on any atom is -0.339 e. The fourth-order valence-corrected chi connectivity index (χ4v) is 3.89. The quantitative estimate of drug-likeness (QED) is 0.570. The molecule has 1 aliphatic rings. The summed E-state index contributed by atoms with van der Waals surface area (Å²) >= 11 is 0. The fraction of sp³-hybridized carbons (Fsp3) is 0.292. The minimum atomic E-state index is -0.386. The number of anilines is 2. The molecule has 160 valence electrons. The molecule has 3 heterocycles. The number of hydrogen-bond donors (Lipinski definition) is 1. The number of carbonyl (C=O) groups excluding carboxylic acids is 1. The van der Waals surface area contributed by atoms with Crippen molar-refractivity contribution in [3.05, 3.63) is 83.8 Å². The number of aryl methyl sites for hydroxylation is 1. The van der Waals surface area contributed by atoms with Gasteiger partial charge in [-0.25, -0.2) is 13.8 Å². The highest BCUT2D eigenvalue weighted by molar-refractivity contribution is 5.77. The molecule has 0 aliphatic carbocycles. The van der Waals surface area contributed by atoms with E-state index in [1.165, 1.54) is 18.2 Å². The first-order chi connectivity index (χ1) is 15.1. The lowest BCUT2D eigenvalue weighted by Gasteiger charge is -2.24. The van der Waals surface area contributed by atoms with Crippen LogP contribution in [0.15, 0.2) is 60.9 Å². The van der Waals surface area contributed by atoms with Crippen molar-refractivity contribution in [2.45, 2.75) is 38.1 Å². The number of rotatable bonds is 7. The lowest BCUT2D eigenvalue weighted by atomic mass is 10.1. The Hall–Kier alpha value is -3.35. The molecule has 31 heavy (non-hydrogen) atoms. The number of nitrogens with zero attached hydrogens (tertiary/aromatic N) is 3. The highest BCUT2D eigenvalue weighted by Gasteiger charge is 2.30. The Morgan fingerprint density at radius 3 is 2.52 bits per heavy atom. The molecule has 1 aliphatic heterocycles. The highest BCUT2D eigenvalue weighted by Crippen LogP contribution is 2.32. The SMILES string of the molecule is O=C(CCCc1ccc(F)cc1)N1CCCC1c1ccc(Nc2ccc(F)cn2)cn1. The van der Waals surface area contributed by atoms with Crippen molar-refractivity contribution in [1.82, 2.24) is 14.9 Å². The van der Waals surface area contributed by atoms with E-state index in [0.29, 0.717) is 12.2 Å². The number of hydrogen-bond acceptors (Lipinski definition) is 4. The van der Waals surface area contributed by atoms with Gasteiger partial charge in [-0.3, -0.25) is 9.78 Å². The van der Waals surface area contributed by atoms with Crippen LogP contribution in [0.4, 0.5) is 20.3 Å².